The molecule has 1 fully saturated rings. The lowest BCUT2D eigenvalue weighted by Crippen LogP contribution is -2.33. The van der Waals surface area contributed by atoms with E-state index in [4.69, 9.17) is 9.47 Å². The van der Waals surface area contributed by atoms with Gasteiger partial charge in [0.25, 0.3) is 0 Å². The molecule has 0 aromatic heterocycles. The van der Waals surface area contributed by atoms with E-state index in [1.165, 1.54) is 6.92 Å². The zero-order valence-electron chi connectivity index (χ0n) is 12.8. The maximum Gasteiger partial charge on any atom is 0.344 e. The number of ketones is 1. The first-order valence-electron chi connectivity index (χ1n) is 7.16. The Bertz CT molecular complexity index is 748. The van der Waals surface area contributed by atoms with E-state index in [0.29, 0.717) is 5.56 Å². The number of benzene rings is 2. The molecule has 0 amide bonds. The van der Waals surface area contributed by atoms with Gasteiger partial charge in [0.05, 0.1) is 7.11 Å². The van der Waals surface area contributed by atoms with Crippen molar-refractivity contribution in [3.63, 3.8) is 0 Å². The summed E-state index contributed by atoms with van der Waals surface area (Å²) in [7, 11) is 1.61. The van der Waals surface area contributed by atoms with Crippen molar-refractivity contribution in [3.8, 4) is 16.9 Å². The Balaban J connectivity index is 1.90. The maximum absolute atomic E-state index is 12.1. The highest BCUT2D eigenvalue weighted by molar-refractivity contribution is 6.11. The average molecular weight is 312 g/mol. The van der Waals surface area contributed by atoms with Crippen molar-refractivity contribution < 1.29 is 24.2 Å². The Kier molecular flexibility index (Phi) is 3.66. The van der Waals surface area contributed by atoms with Crippen molar-refractivity contribution in [2.24, 2.45) is 0 Å². The van der Waals surface area contributed by atoms with Crippen LogP contribution in [-0.4, -0.2) is 30.1 Å². The minimum absolute atomic E-state index is 0.532. The SMILES string of the molecule is COc1ccc(-c2ccc(C3(C)OC(=O)C(O)C3=O)cc2)cc1. The summed E-state index contributed by atoms with van der Waals surface area (Å²) in [6.07, 6.45) is -1.71. The van der Waals surface area contributed by atoms with Crippen LogP contribution in [-0.2, 0) is 19.9 Å². The van der Waals surface area contributed by atoms with Crippen molar-refractivity contribution in [3.05, 3.63) is 54.1 Å². The summed E-state index contributed by atoms with van der Waals surface area (Å²) in [4.78, 5) is 23.5. The number of hydrogen-bond donors (Lipinski definition) is 1. The van der Waals surface area contributed by atoms with Gasteiger partial charge in [0.15, 0.2) is 5.60 Å². The Labute approximate surface area is 133 Å². The molecule has 3 rings (SSSR count). The van der Waals surface area contributed by atoms with Crippen LogP contribution in [0, 0.1) is 0 Å². The molecule has 1 N–H and O–H groups in total. The first kappa shape index (κ1) is 15.2. The Hall–Kier alpha value is -2.66. The lowest BCUT2D eigenvalue weighted by Gasteiger charge is -2.21. The van der Waals surface area contributed by atoms with Crippen LogP contribution in [0.5, 0.6) is 5.75 Å². The monoisotopic (exact) mass is 312 g/mol. The molecule has 2 aromatic rings. The van der Waals surface area contributed by atoms with Crippen molar-refractivity contribution in [1.29, 1.82) is 0 Å². The number of ether oxygens (including phenoxy) is 2. The summed E-state index contributed by atoms with van der Waals surface area (Å²) in [5.41, 5.74) is 1.05. The molecule has 1 saturated heterocycles. The van der Waals surface area contributed by atoms with E-state index >= 15 is 0 Å². The third-order valence-electron chi connectivity index (χ3n) is 4.11. The smallest absolute Gasteiger partial charge is 0.344 e. The van der Waals surface area contributed by atoms with Gasteiger partial charge in [0, 0.05) is 5.56 Å². The third-order valence-corrected chi connectivity index (χ3v) is 4.11. The summed E-state index contributed by atoms with van der Waals surface area (Å²) < 4.78 is 10.2. The third kappa shape index (κ3) is 2.49. The van der Waals surface area contributed by atoms with Crippen LogP contribution in [0.1, 0.15) is 12.5 Å². The quantitative estimate of drug-likeness (QED) is 0.694. The number of esters is 1. The Morgan fingerprint density at radius 3 is 1.96 bits per heavy atom. The molecule has 0 bridgehead atoms. The highest BCUT2D eigenvalue weighted by atomic mass is 16.6. The standard InChI is InChI=1S/C18H16O5/c1-18(16(20)15(19)17(21)23-18)13-7-3-11(4-8-13)12-5-9-14(22-2)10-6-12/h3-10,15,19H,1-2H3. The zero-order chi connectivity index (χ0) is 16.6. The second-order valence-electron chi connectivity index (χ2n) is 5.53. The van der Waals surface area contributed by atoms with Crippen LogP contribution >= 0.6 is 0 Å². The van der Waals surface area contributed by atoms with Crippen molar-refractivity contribution >= 4 is 11.8 Å². The van der Waals surface area contributed by atoms with Crippen LogP contribution in [0.15, 0.2) is 48.5 Å². The van der Waals surface area contributed by atoms with Crippen LogP contribution in [0.4, 0.5) is 0 Å². The number of aliphatic hydroxyl groups excluding tert-OH is 1. The van der Waals surface area contributed by atoms with Crippen molar-refractivity contribution in [2.45, 2.75) is 18.6 Å². The summed E-state index contributed by atoms with van der Waals surface area (Å²) in [6, 6.07) is 14.7. The number of aliphatic hydroxyl groups is 1. The summed E-state index contributed by atoms with van der Waals surface area (Å²) in [5.74, 6) is -0.772. The molecule has 2 atom stereocenters. The van der Waals surface area contributed by atoms with E-state index in [2.05, 4.69) is 0 Å². The fourth-order valence-corrected chi connectivity index (χ4v) is 2.64. The molecule has 0 aliphatic carbocycles. The molecule has 1 aliphatic rings. The number of hydrogen-bond acceptors (Lipinski definition) is 5. The van der Waals surface area contributed by atoms with Gasteiger partial charge in [-0.25, -0.2) is 4.79 Å². The number of methoxy groups -OCH3 is 1. The maximum atomic E-state index is 12.1. The van der Waals surface area contributed by atoms with Crippen LogP contribution < -0.4 is 4.74 Å². The molecule has 1 heterocycles. The van der Waals surface area contributed by atoms with Gasteiger partial charge in [0.1, 0.15) is 5.75 Å². The molecule has 118 valence electrons. The zero-order valence-corrected chi connectivity index (χ0v) is 12.8. The van der Waals surface area contributed by atoms with E-state index < -0.39 is 23.5 Å². The molecule has 0 spiro atoms. The molecule has 5 nitrogen and oxygen atoms in total. The van der Waals surface area contributed by atoms with Gasteiger partial charge in [-0.2, -0.15) is 0 Å². The van der Waals surface area contributed by atoms with Gasteiger partial charge in [-0.05, 0) is 30.2 Å². The predicted octanol–water partition coefficient (Wildman–Crippen LogP) is 2.06. The minimum Gasteiger partial charge on any atom is -0.497 e. The topological polar surface area (TPSA) is 72.8 Å². The number of Topliss-reactive ketones (excluding diaryl/α,β-unsaturated/α-hetero) is 1. The number of carbonyl (C=O) groups excluding carboxylic acids is 2. The second-order valence-corrected chi connectivity index (χ2v) is 5.53. The van der Waals surface area contributed by atoms with Crippen LogP contribution in [0.3, 0.4) is 0 Å². The van der Waals surface area contributed by atoms with E-state index in [9.17, 15) is 14.7 Å². The summed E-state index contributed by atoms with van der Waals surface area (Å²) in [6.45, 7) is 1.49. The number of carbonyl (C=O) groups is 2. The highest BCUT2D eigenvalue weighted by Gasteiger charge is 2.52. The molecule has 5 heteroatoms. The van der Waals surface area contributed by atoms with Crippen molar-refractivity contribution in [1.82, 2.24) is 0 Å². The predicted molar refractivity (Wildman–Crippen MR) is 82.9 cm³/mol. The molecule has 0 saturated carbocycles. The van der Waals surface area contributed by atoms with Gasteiger partial charge in [-0.1, -0.05) is 36.4 Å². The fraction of sp³-hybridized carbons (Fsp3) is 0.222. The first-order valence-corrected chi connectivity index (χ1v) is 7.16. The second kappa shape index (κ2) is 5.52. The molecular weight excluding hydrogens is 296 g/mol. The molecule has 2 unspecified atom stereocenters. The molecule has 1 aliphatic heterocycles. The van der Waals surface area contributed by atoms with E-state index in [1.807, 2.05) is 36.4 Å². The average Bonchev–Trinajstić information content (AvgIpc) is 2.79. The minimum atomic E-state index is -1.71. The van der Waals surface area contributed by atoms with E-state index in [1.54, 1.807) is 19.2 Å². The Morgan fingerprint density at radius 2 is 1.52 bits per heavy atom. The molecule has 0 radical (unpaired) electrons. The van der Waals surface area contributed by atoms with Crippen LogP contribution in [0.25, 0.3) is 11.1 Å². The van der Waals surface area contributed by atoms with Gasteiger partial charge >= 0.3 is 5.97 Å². The lowest BCUT2D eigenvalue weighted by atomic mass is 9.89. The van der Waals surface area contributed by atoms with Gasteiger partial charge in [0.2, 0.25) is 11.9 Å². The number of rotatable bonds is 3. The highest BCUT2D eigenvalue weighted by Crippen LogP contribution is 2.34. The van der Waals surface area contributed by atoms with E-state index in [-0.39, 0.29) is 0 Å². The fourth-order valence-electron chi connectivity index (χ4n) is 2.64. The summed E-state index contributed by atoms with van der Waals surface area (Å²) >= 11 is 0. The van der Waals surface area contributed by atoms with Gasteiger partial charge in [-0.15, -0.1) is 0 Å². The summed E-state index contributed by atoms with van der Waals surface area (Å²) in [5, 5.41) is 9.51. The number of cyclic esters (lactones) is 1. The van der Waals surface area contributed by atoms with Gasteiger partial charge < -0.3 is 14.6 Å². The van der Waals surface area contributed by atoms with E-state index in [0.717, 1.165) is 16.9 Å². The Morgan fingerprint density at radius 1 is 1.00 bits per heavy atom. The normalized spacial score (nSPS) is 23.7. The molecular formula is C18H16O5. The molecule has 2 aromatic carbocycles. The molecule has 23 heavy (non-hydrogen) atoms. The largest absolute Gasteiger partial charge is 0.497 e. The lowest BCUT2D eigenvalue weighted by molar-refractivity contribution is -0.153. The van der Waals surface area contributed by atoms with Gasteiger partial charge in [-0.3, -0.25) is 4.79 Å². The first-order chi connectivity index (χ1) is 11.0. The van der Waals surface area contributed by atoms with Crippen molar-refractivity contribution in [2.75, 3.05) is 7.11 Å². The van der Waals surface area contributed by atoms with Crippen LogP contribution in [0.2, 0.25) is 0 Å².